The van der Waals surface area contributed by atoms with Crippen molar-refractivity contribution in [2.24, 2.45) is 5.92 Å². The second-order valence-corrected chi connectivity index (χ2v) is 6.78. The molecule has 1 aliphatic rings. The summed E-state index contributed by atoms with van der Waals surface area (Å²) in [6.45, 7) is 8.93. The third-order valence-corrected chi connectivity index (χ3v) is 4.19. The van der Waals surface area contributed by atoms with E-state index in [1.54, 1.807) is 24.3 Å². The molecule has 2 atom stereocenters. The lowest BCUT2D eigenvalue weighted by Crippen LogP contribution is -2.48. The molecule has 7 heteroatoms. The van der Waals surface area contributed by atoms with Gasteiger partial charge in [-0.15, -0.1) is 6.58 Å². The van der Waals surface area contributed by atoms with Crippen molar-refractivity contribution < 1.29 is 23.9 Å². The van der Waals surface area contributed by atoms with Crippen molar-refractivity contribution in [2.45, 2.75) is 39.3 Å². The van der Waals surface area contributed by atoms with E-state index in [0.29, 0.717) is 0 Å². The lowest BCUT2D eigenvalue weighted by molar-refractivity contribution is -0.158. The summed E-state index contributed by atoms with van der Waals surface area (Å²) in [5, 5.41) is 2.54. The molecule has 1 aromatic carbocycles. The van der Waals surface area contributed by atoms with Crippen molar-refractivity contribution in [1.82, 2.24) is 10.2 Å². The topological polar surface area (TPSA) is 92.8 Å². The lowest BCUT2D eigenvalue weighted by Gasteiger charge is -2.27. The first kappa shape index (κ1) is 20.4. The summed E-state index contributed by atoms with van der Waals surface area (Å²) >= 11 is 0. The van der Waals surface area contributed by atoms with Crippen LogP contribution >= 0.6 is 0 Å². The smallest absolute Gasteiger partial charge is 0.330 e. The van der Waals surface area contributed by atoms with Crippen LogP contribution < -0.4 is 5.32 Å². The highest BCUT2D eigenvalue weighted by molar-refractivity contribution is 6.22. The number of hydrogen-bond donors (Lipinski definition) is 1. The minimum atomic E-state index is -1.09. The fourth-order valence-corrected chi connectivity index (χ4v) is 2.87. The van der Waals surface area contributed by atoms with Crippen molar-refractivity contribution in [3.8, 4) is 0 Å². The van der Waals surface area contributed by atoms with Crippen LogP contribution in [0, 0.1) is 5.92 Å². The van der Waals surface area contributed by atoms with Crippen molar-refractivity contribution >= 4 is 23.7 Å². The molecule has 1 heterocycles. The molecule has 0 saturated heterocycles. The molecule has 1 N–H and O–H groups in total. The van der Waals surface area contributed by atoms with E-state index in [2.05, 4.69) is 11.9 Å². The molecule has 0 fully saturated rings. The molecule has 2 rings (SSSR count). The van der Waals surface area contributed by atoms with Crippen LogP contribution in [-0.4, -0.2) is 47.3 Å². The van der Waals surface area contributed by atoms with Crippen LogP contribution in [0.2, 0.25) is 0 Å². The molecule has 1 aromatic rings. The average molecular weight is 372 g/mol. The Morgan fingerprint density at radius 1 is 1.15 bits per heavy atom. The zero-order valence-corrected chi connectivity index (χ0v) is 15.7. The Morgan fingerprint density at radius 2 is 1.70 bits per heavy atom. The van der Waals surface area contributed by atoms with E-state index in [-0.39, 0.29) is 30.0 Å². The Balaban J connectivity index is 2.22. The quantitative estimate of drug-likeness (QED) is 0.428. The number of ether oxygens (including phenoxy) is 1. The van der Waals surface area contributed by atoms with E-state index in [1.165, 1.54) is 13.0 Å². The number of nitrogens with zero attached hydrogens (tertiary/aromatic N) is 1. The number of rotatable bonds is 8. The van der Waals surface area contributed by atoms with Gasteiger partial charge in [-0.3, -0.25) is 19.3 Å². The summed E-state index contributed by atoms with van der Waals surface area (Å²) in [5.74, 6) is -2.28. The number of hydrogen-bond acceptors (Lipinski definition) is 5. The molecule has 0 bridgehead atoms. The third kappa shape index (κ3) is 4.42. The van der Waals surface area contributed by atoms with E-state index in [4.69, 9.17) is 4.74 Å². The van der Waals surface area contributed by atoms with Crippen molar-refractivity contribution in [2.75, 3.05) is 6.54 Å². The van der Waals surface area contributed by atoms with Crippen LogP contribution in [0.25, 0.3) is 0 Å². The van der Waals surface area contributed by atoms with Gasteiger partial charge in [0.1, 0.15) is 6.04 Å². The fraction of sp³-hybridized carbons (Fsp3) is 0.400. The van der Waals surface area contributed by atoms with Crippen LogP contribution in [0.4, 0.5) is 0 Å². The first-order valence-corrected chi connectivity index (χ1v) is 8.84. The molecule has 0 aliphatic carbocycles. The number of esters is 1. The predicted molar refractivity (Wildman–Crippen MR) is 98.9 cm³/mol. The third-order valence-electron chi connectivity index (χ3n) is 4.19. The van der Waals surface area contributed by atoms with Gasteiger partial charge in [-0.1, -0.05) is 32.1 Å². The molecule has 1 aliphatic heterocycles. The average Bonchev–Trinajstić information content (AvgIpc) is 2.88. The highest BCUT2D eigenvalue weighted by Crippen LogP contribution is 2.27. The molecular weight excluding hydrogens is 348 g/mol. The Kier molecular flexibility index (Phi) is 6.50. The summed E-state index contributed by atoms with van der Waals surface area (Å²) in [6.07, 6.45) is 0.695. The molecule has 0 unspecified atom stereocenters. The Hall–Kier alpha value is -2.96. The van der Waals surface area contributed by atoms with Gasteiger partial charge >= 0.3 is 5.97 Å². The van der Waals surface area contributed by atoms with E-state index >= 15 is 0 Å². The van der Waals surface area contributed by atoms with Gasteiger partial charge in [0, 0.05) is 6.54 Å². The van der Waals surface area contributed by atoms with Gasteiger partial charge in [-0.05, 0) is 31.4 Å². The number of imide groups is 1. The van der Waals surface area contributed by atoms with Crippen molar-refractivity contribution in [1.29, 1.82) is 0 Å². The van der Waals surface area contributed by atoms with Crippen LogP contribution in [0.1, 0.15) is 47.9 Å². The normalized spacial score (nSPS) is 15.3. The summed E-state index contributed by atoms with van der Waals surface area (Å²) in [6, 6.07) is 5.34. The lowest BCUT2D eigenvalue weighted by atomic mass is 10.0. The van der Waals surface area contributed by atoms with Crippen molar-refractivity contribution in [3.63, 3.8) is 0 Å². The molecular formula is C20H24N2O5. The summed E-state index contributed by atoms with van der Waals surface area (Å²) in [5.41, 5.74) is 0.529. The SMILES string of the molecule is C=CCNC(=O)[C@H](C)OC(=O)[C@H](CC(C)C)N1C(=O)c2ccccc2C1=O. The van der Waals surface area contributed by atoms with Crippen LogP contribution in [-0.2, 0) is 14.3 Å². The summed E-state index contributed by atoms with van der Waals surface area (Å²) in [7, 11) is 0. The second kappa shape index (κ2) is 8.62. The van der Waals surface area contributed by atoms with E-state index in [0.717, 1.165) is 4.90 Å². The Bertz CT molecular complexity index is 736. The largest absolute Gasteiger partial charge is 0.451 e. The van der Waals surface area contributed by atoms with Gasteiger partial charge in [0.05, 0.1) is 11.1 Å². The number of benzene rings is 1. The molecule has 3 amide bonds. The number of carbonyl (C=O) groups excluding carboxylic acids is 4. The van der Waals surface area contributed by atoms with E-state index < -0.39 is 35.8 Å². The van der Waals surface area contributed by atoms with E-state index in [1.807, 2.05) is 13.8 Å². The first-order valence-electron chi connectivity index (χ1n) is 8.84. The Morgan fingerprint density at radius 3 is 2.19 bits per heavy atom. The monoisotopic (exact) mass is 372 g/mol. The molecule has 27 heavy (non-hydrogen) atoms. The van der Waals surface area contributed by atoms with E-state index in [9.17, 15) is 19.2 Å². The molecule has 144 valence electrons. The standard InChI is InChI=1S/C20H24N2O5/c1-5-10-21-17(23)13(4)27-20(26)16(11-12(2)3)22-18(24)14-8-6-7-9-15(14)19(22)25/h5-9,12-13,16H,1,10-11H2,2-4H3,(H,21,23)/t13-,16-/m0/s1. The molecule has 0 radical (unpaired) electrons. The fourth-order valence-electron chi connectivity index (χ4n) is 2.87. The Labute approximate surface area is 158 Å². The number of fused-ring (bicyclic) bond motifs is 1. The number of amides is 3. The van der Waals surface area contributed by atoms with Crippen LogP contribution in [0.3, 0.4) is 0 Å². The maximum absolute atomic E-state index is 12.7. The number of carbonyl (C=O) groups is 4. The van der Waals surface area contributed by atoms with Gasteiger partial charge in [-0.25, -0.2) is 4.79 Å². The minimum absolute atomic E-state index is 0.0248. The number of nitrogens with one attached hydrogen (secondary N) is 1. The summed E-state index contributed by atoms with van der Waals surface area (Å²) in [4.78, 5) is 51.0. The highest BCUT2D eigenvalue weighted by Gasteiger charge is 2.44. The molecule has 0 saturated carbocycles. The van der Waals surface area contributed by atoms with Gasteiger partial charge in [0.2, 0.25) is 0 Å². The van der Waals surface area contributed by atoms with Gasteiger partial charge < -0.3 is 10.1 Å². The van der Waals surface area contributed by atoms with Gasteiger partial charge in [-0.2, -0.15) is 0 Å². The first-order chi connectivity index (χ1) is 12.8. The van der Waals surface area contributed by atoms with Crippen molar-refractivity contribution in [3.05, 3.63) is 48.0 Å². The highest BCUT2D eigenvalue weighted by atomic mass is 16.5. The zero-order valence-electron chi connectivity index (χ0n) is 15.7. The molecule has 0 aromatic heterocycles. The molecule has 0 spiro atoms. The van der Waals surface area contributed by atoms with Gasteiger partial charge in [0.25, 0.3) is 17.7 Å². The predicted octanol–water partition coefficient (Wildman–Crippen LogP) is 1.93. The van der Waals surface area contributed by atoms with Gasteiger partial charge in [0.15, 0.2) is 6.10 Å². The molecule has 7 nitrogen and oxygen atoms in total. The maximum atomic E-state index is 12.7. The summed E-state index contributed by atoms with van der Waals surface area (Å²) < 4.78 is 5.25. The second-order valence-electron chi connectivity index (χ2n) is 6.78. The van der Waals surface area contributed by atoms with Crippen LogP contribution in [0.15, 0.2) is 36.9 Å². The maximum Gasteiger partial charge on any atom is 0.330 e. The minimum Gasteiger partial charge on any atom is -0.451 e. The zero-order chi connectivity index (χ0) is 20.1. The van der Waals surface area contributed by atoms with Crippen LogP contribution in [0.5, 0.6) is 0 Å².